The van der Waals surface area contributed by atoms with Crippen molar-refractivity contribution in [2.24, 2.45) is 0 Å². The molecule has 0 aliphatic carbocycles. The van der Waals surface area contributed by atoms with Gasteiger partial charge in [0.05, 0.1) is 5.39 Å². The van der Waals surface area contributed by atoms with Gasteiger partial charge in [0.25, 0.3) is 0 Å². The number of furan rings is 2. The Morgan fingerprint density at radius 3 is 1.52 bits per heavy atom. The van der Waals surface area contributed by atoms with Crippen molar-refractivity contribution >= 4 is 54.5 Å². The van der Waals surface area contributed by atoms with E-state index in [1.807, 2.05) is 12.1 Å². The fourth-order valence-corrected chi connectivity index (χ4v) is 6.58. The molecule has 0 radical (unpaired) electrons. The minimum Gasteiger partial charge on any atom is -0.456 e. The van der Waals surface area contributed by atoms with Crippen LogP contribution < -0.4 is 0 Å². The summed E-state index contributed by atoms with van der Waals surface area (Å²) in [5.41, 5.74) is 8.55. The van der Waals surface area contributed by atoms with E-state index in [4.69, 9.17) is 8.83 Å². The van der Waals surface area contributed by atoms with Crippen molar-refractivity contribution in [3.05, 3.63) is 146 Å². The van der Waals surface area contributed by atoms with E-state index in [1.54, 1.807) is 0 Å². The number of rotatable bonds is 3. The van der Waals surface area contributed by atoms with E-state index < -0.39 is 0 Å². The first-order valence-electron chi connectivity index (χ1n) is 14.3. The lowest BCUT2D eigenvalue weighted by Crippen LogP contribution is -1.90. The van der Waals surface area contributed by atoms with E-state index in [-0.39, 0.29) is 0 Å². The van der Waals surface area contributed by atoms with Gasteiger partial charge in [-0.15, -0.1) is 0 Å². The van der Waals surface area contributed by atoms with E-state index in [1.165, 1.54) is 43.8 Å². The average Bonchev–Trinajstić information content (AvgIpc) is 3.66. The quantitative estimate of drug-likeness (QED) is 0.210. The normalized spacial score (nSPS) is 11.8. The summed E-state index contributed by atoms with van der Waals surface area (Å²) in [6.45, 7) is 0. The highest BCUT2D eigenvalue weighted by molar-refractivity contribution is 6.22. The van der Waals surface area contributed by atoms with Crippen LogP contribution in [-0.2, 0) is 0 Å². The summed E-state index contributed by atoms with van der Waals surface area (Å²) in [6, 6.07) is 51.3. The van der Waals surface area contributed by atoms with E-state index in [0.717, 1.165) is 44.2 Å². The molecule has 0 unspecified atom stereocenters. The van der Waals surface area contributed by atoms with Gasteiger partial charge < -0.3 is 8.83 Å². The second-order valence-electron chi connectivity index (χ2n) is 10.8. The van der Waals surface area contributed by atoms with Crippen molar-refractivity contribution < 1.29 is 8.83 Å². The summed E-state index contributed by atoms with van der Waals surface area (Å²) < 4.78 is 13.0. The van der Waals surface area contributed by atoms with Gasteiger partial charge in [-0.3, -0.25) is 0 Å². The minimum absolute atomic E-state index is 0.824. The van der Waals surface area contributed by atoms with Crippen molar-refractivity contribution in [2.75, 3.05) is 0 Å². The van der Waals surface area contributed by atoms with E-state index >= 15 is 0 Å². The monoisotopic (exact) mass is 536 g/mol. The molecule has 9 aromatic rings. The fraction of sp³-hybridized carbons (Fsp3) is 0. The van der Waals surface area contributed by atoms with Crippen LogP contribution in [0.15, 0.2) is 154 Å². The molecule has 0 amide bonds. The Balaban J connectivity index is 1.30. The van der Waals surface area contributed by atoms with E-state index in [2.05, 4.69) is 133 Å². The van der Waals surface area contributed by atoms with Gasteiger partial charge in [0.2, 0.25) is 0 Å². The van der Waals surface area contributed by atoms with Crippen LogP contribution in [-0.4, -0.2) is 0 Å². The first-order valence-corrected chi connectivity index (χ1v) is 14.3. The Morgan fingerprint density at radius 2 is 0.833 bits per heavy atom. The standard InChI is InChI=1S/C40H24O2/c1-2-10-25(11-3-1)26-18-20-27(21-19-26)38-29-13-4-6-15-31(29)39(32-16-7-5-14-30(32)38)37-24-34-36(41-37)23-22-33-28-12-8-9-17-35(28)42-40(33)34/h1-24H. The predicted octanol–water partition coefficient (Wildman–Crippen LogP) is 11.6. The van der Waals surface area contributed by atoms with Gasteiger partial charge in [-0.25, -0.2) is 0 Å². The molecule has 0 spiro atoms. The lowest BCUT2D eigenvalue weighted by molar-refractivity contribution is 0.632. The van der Waals surface area contributed by atoms with Gasteiger partial charge in [-0.2, -0.15) is 0 Å². The molecule has 196 valence electrons. The van der Waals surface area contributed by atoms with Crippen molar-refractivity contribution in [1.29, 1.82) is 0 Å². The van der Waals surface area contributed by atoms with E-state index in [0.29, 0.717) is 0 Å². The highest BCUT2D eigenvalue weighted by Gasteiger charge is 2.20. The predicted molar refractivity (Wildman–Crippen MR) is 175 cm³/mol. The van der Waals surface area contributed by atoms with Crippen molar-refractivity contribution in [2.45, 2.75) is 0 Å². The van der Waals surface area contributed by atoms with Gasteiger partial charge in [0, 0.05) is 16.3 Å². The topological polar surface area (TPSA) is 26.3 Å². The molecule has 0 aliphatic rings. The van der Waals surface area contributed by atoms with Crippen LogP contribution in [0.5, 0.6) is 0 Å². The third-order valence-electron chi connectivity index (χ3n) is 8.50. The number of benzene rings is 7. The van der Waals surface area contributed by atoms with Crippen LogP contribution in [0, 0.1) is 0 Å². The minimum atomic E-state index is 0.824. The maximum atomic E-state index is 6.62. The van der Waals surface area contributed by atoms with Gasteiger partial charge >= 0.3 is 0 Å². The number of hydrogen-bond acceptors (Lipinski definition) is 2. The molecule has 2 nitrogen and oxygen atoms in total. The molecule has 2 aromatic heterocycles. The molecule has 7 aromatic carbocycles. The Kier molecular flexibility index (Phi) is 4.93. The van der Waals surface area contributed by atoms with Crippen LogP contribution in [0.2, 0.25) is 0 Å². The average molecular weight is 537 g/mol. The fourth-order valence-electron chi connectivity index (χ4n) is 6.58. The van der Waals surface area contributed by atoms with Crippen molar-refractivity contribution in [3.8, 4) is 33.6 Å². The first-order chi connectivity index (χ1) is 20.8. The zero-order valence-electron chi connectivity index (χ0n) is 22.7. The highest BCUT2D eigenvalue weighted by Crippen LogP contribution is 2.46. The second-order valence-corrected chi connectivity index (χ2v) is 10.8. The van der Waals surface area contributed by atoms with Crippen LogP contribution in [0.4, 0.5) is 0 Å². The Morgan fingerprint density at radius 1 is 0.310 bits per heavy atom. The molecule has 0 bridgehead atoms. The van der Waals surface area contributed by atoms with Crippen LogP contribution in [0.3, 0.4) is 0 Å². The Hall–Kier alpha value is -5.60. The SMILES string of the molecule is c1ccc(-c2ccc(-c3c4ccccc4c(-c4cc5c(ccc6c7ccccc7oc56)o4)c4ccccc34)cc2)cc1. The Bertz CT molecular complexity index is 2380. The smallest absolute Gasteiger partial charge is 0.146 e. The summed E-state index contributed by atoms with van der Waals surface area (Å²) in [5.74, 6) is 0.844. The van der Waals surface area contributed by atoms with Crippen molar-refractivity contribution in [3.63, 3.8) is 0 Å². The van der Waals surface area contributed by atoms with Crippen molar-refractivity contribution in [1.82, 2.24) is 0 Å². The number of para-hydroxylation sites is 1. The summed E-state index contributed by atoms with van der Waals surface area (Å²) in [7, 11) is 0. The molecule has 0 fully saturated rings. The molecule has 2 heteroatoms. The number of hydrogen-bond donors (Lipinski definition) is 0. The molecule has 42 heavy (non-hydrogen) atoms. The van der Waals surface area contributed by atoms with Crippen LogP contribution in [0.1, 0.15) is 0 Å². The van der Waals surface area contributed by atoms with Crippen LogP contribution in [0.25, 0.3) is 88.0 Å². The van der Waals surface area contributed by atoms with Gasteiger partial charge in [-0.1, -0.05) is 121 Å². The second kappa shape index (κ2) is 8.95. The molecule has 0 N–H and O–H groups in total. The molecule has 0 atom stereocenters. The number of fused-ring (bicyclic) bond motifs is 7. The largest absolute Gasteiger partial charge is 0.456 e. The van der Waals surface area contributed by atoms with Gasteiger partial charge in [0.1, 0.15) is 22.5 Å². The highest BCUT2D eigenvalue weighted by atomic mass is 16.3. The molecule has 2 heterocycles. The summed E-state index contributed by atoms with van der Waals surface area (Å²) >= 11 is 0. The maximum Gasteiger partial charge on any atom is 0.146 e. The first kappa shape index (κ1) is 23.1. The van der Waals surface area contributed by atoms with Gasteiger partial charge in [0.15, 0.2) is 0 Å². The zero-order valence-corrected chi connectivity index (χ0v) is 22.7. The van der Waals surface area contributed by atoms with E-state index in [9.17, 15) is 0 Å². The molecular weight excluding hydrogens is 512 g/mol. The molecule has 0 aliphatic heterocycles. The lowest BCUT2D eigenvalue weighted by Gasteiger charge is -2.16. The summed E-state index contributed by atoms with van der Waals surface area (Å²) in [5, 5.41) is 7.95. The third-order valence-corrected chi connectivity index (χ3v) is 8.50. The maximum absolute atomic E-state index is 6.62. The lowest BCUT2D eigenvalue weighted by atomic mass is 9.87. The Labute approximate surface area is 242 Å². The molecule has 0 saturated heterocycles. The van der Waals surface area contributed by atoms with Crippen LogP contribution >= 0.6 is 0 Å². The molecule has 9 rings (SSSR count). The third kappa shape index (κ3) is 3.39. The van der Waals surface area contributed by atoms with Gasteiger partial charge in [-0.05, 0) is 68.1 Å². The summed E-state index contributed by atoms with van der Waals surface area (Å²) in [6.07, 6.45) is 0. The molecular formula is C40H24O2. The summed E-state index contributed by atoms with van der Waals surface area (Å²) in [4.78, 5) is 0. The zero-order chi connectivity index (χ0) is 27.6. The molecule has 0 saturated carbocycles.